The van der Waals surface area contributed by atoms with Gasteiger partial charge in [-0.1, -0.05) is 5.21 Å². The van der Waals surface area contributed by atoms with Gasteiger partial charge in [0, 0.05) is 13.1 Å². The Balaban J connectivity index is 3.04. The largest absolute Gasteiger partial charge is 0.476 e. The van der Waals surface area contributed by atoms with Crippen molar-refractivity contribution in [1.29, 1.82) is 0 Å². The molecule has 0 aliphatic carbocycles. The highest BCUT2D eigenvalue weighted by Crippen LogP contribution is 2.08. The van der Waals surface area contributed by atoms with Crippen LogP contribution in [0.15, 0.2) is 5.83 Å². The Labute approximate surface area is 73.5 Å². The molecule has 1 heterocycles. The fraction of sp³-hybridized carbons (Fsp3) is 0.286. The van der Waals surface area contributed by atoms with Gasteiger partial charge in [-0.3, -0.25) is 4.68 Å². The van der Waals surface area contributed by atoms with Gasteiger partial charge in [0.05, 0.1) is 5.69 Å². The van der Waals surface area contributed by atoms with Crippen molar-refractivity contribution in [3.05, 3.63) is 17.2 Å². The zero-order chi connectivity index (χ0) is 10.0. The maximum absolute atomic E-state index is 12.6. The molecule has 0 saturated carbocycles. The zero-order valence-corrected chi connectivity index (χ0v) is 7.15. The molecule has 0 spiro atoms. The van der Waals surface area contributed by atoms with Gasteiger partial charge in [0.25, 0.3) is 0 Å². The van der Waals surface area contributed by atoms with Crippen LogP contribution < -0.4 is 0 Å². The number of aryl methyl sites for hydroxylation is 1. The summed E-state index contributed by atoms with van der Waals surface area (Å²) >= 11 is 0. The van der Waals surface area contributed by atoms with Gasteiger partial charge in [-0.2, -0.15) is 4.39 Å². The second-order valence-corrected chi connectivity index (χ2v) is 2.48. The van der Waals surface area contributed by atoms with E-state index in [1.165, 1.54) is 4.68 Å². The van der Waals surface area contributed by atoms with E-state index < -0.39 is 11.8 Å². The minimum absolute atomic E-state index is 0.224. The highest BCUT2D eigenvalue weighted by molar-refractivity contribution is 5.89. The molecule has 1 aromatic heterocycles. The number of hydrogen-bond donors (Lipinski definition) is 1. The molecule has 70 valence electrons. The summed E-state index contributed by atoms with van der Waals surface area (Å²) in [7, 11) is 1.64. The Morgan fingerprint density at radius 3 is 2.69 bits per heavy atom. The summed E-state index contributed by atoms with van der Waals surface area (Å²) < 4.78 is 14.0. The molecule has 1 aromatic rings. The van der Waals surface area contributed by atoms with Crippen molar-refractivity contribution in [2.75, 3.05) is 0 Å². The standard InChI is InChI=1S/C7H8FN3O2/c1-4-6(9-10-11(4)2)3-5(8)7(12)13/h3H,1-2H3,(H,12,13)/b5-3-. The van der Waals surface area contributed by atoms with Crippen LogP contribution in [0, 0.1) is 6.92 Å². The van der Waals surface area contributed by atoms with Gasteiger partial charge in [-0.15, -0.1) is 5.10 Å². The lowest BCUT2D eigenvalue weighted by atomic mass is 10.3. The van der Waals surface area contributed by atoms with E-state index >= 15 is 0 Å². The zero-order valence-electron chi connectivity index (χ0n) is 7.15. The predicted molar refractivity (Wildman–Crippen MR) is 42.5 cm³/mol. The number of rotatable bonds is 2. The van der Waals surface area contributed by atoms with Gasteiger partial charge >= 0.3 is 5.97 Å². The molecular weight excluding hydrogens is 177 g/mol. The third-order valence-electron chi connectivity index (χ3n) is 1.61. The van der Waals surface area contributed by atoms with Crippen LogP contribution in [-0.4, -0.2) is 26.1 Å². The quantitative estimate of drug-likeness (QED) is 0.682. The van der Waals surface area contributed by atoms with Crippen molar-refractivity contribution in [3.8, 4) is 0 Å². The Kier molecular flexibility index (Phi) is 2.41. The first-order valence-electron chi connectivity index (χ1n) is 3.49. The van der Waals surface area contributed by atoms with E-state index in [-0.39, 0.29) is 5.69 Å². The SMILES string of the molecule is Cc1c(/C=C(\F)C(=O)O)nnn1C. The molecule has 0 radical (unpaired) electrons. The molecule has 0 fully saturated rings. The summed E-state index contributed by atoms with van der Waals surface area (Å²) in [6.07, 6.45) is 0.838. The second-order valence-electron chi connectivity index (χ2n) is 2.48. The molecule has 0 aromatic carbocycles. The number of aromatic nitrogens is 3. The minimum atomic E-state index is -1.61. The number of halogens is 1. The Hall–Kier alpha value is -1.72. The highest BCUT2D eigenvalue weighted by Gasteiger charge is 2.09. The first-order valence-corrected chi connectivity index (χ1v) is 3.49. The van der Waals surface area contributed by atoms with Crippen molar-refractivity contribution in [1.82, 2.24) is 15.0 Å². The fourth-order valence-electron chi connectivity index (χ4n) is 0.736. The van der Waals surface area contributed by atoms with E-state index in [0.717, 1.165) is 6.08 Å². The van der Waals surface area contributed by atoms with E-state index in [0.29, 0.717) is 5.69 Å². The minimum Gasteiger partial charge on any atom is -0.476 e. The van der Waals surface area contributed by atoms with Crippen molar-refractivity contribution in [2.45, 2.75) is 6.92 Å². The Morgan fingerprint density at radius 1 is 1.69 bits per heavy atom. The van der Waals surface area contributed by atoms with Crippen LogP contribution in [0.25, 0.3) is 6.08 Å². The van der Waals surface area contributed by atoms with Crippen molar-refractivity contribution < 1.29 is 14.3 Å². The summed E-state index contributed by atoms with van der Waals surface area (Å²) in [5, 5.41) is 15.4. The van der Waals surface area contributed by atoms with E-state index in [1.807, 2.05) is 0 Å². The average Bonchev–Trinajstić information content (AvgIpc) is 2.36. The van der Waals surface area contributed by atoms with Gasteiger partial charge in [0.15, 0.2) is 0 Å². The number of nitrogens with zero attached hydrogens (tertiary/aromatic N) is 3. The van der Waals surface area contributed by atoms with Gasteiger partial charge in [-0.05, 0) is 6.92 Å². The maximum atomic E-state index is 12.6. The van der Waals surface area contributed by atoms with Gasteiger partial charge < -0.3 is 5.11 Å². The van der Waals surface area contributed by atoms with Crippen LogP contribution in [0.1, 0.15) is 11.4 Å². The summed E-state index contributed by atoms with van der Waals surface area (Å²) in [6.45, 7) is 1.67. The van der Waals surface area contributed by atoms with Gasteiger partial charge in [-0.25, -0.2) is 4.79 Å². The predicted octanol–water partition coefficient (Wildman–Crippen LogP) is 0.519. The molecule has 0 bridgehead atoms. The van der Waals surface area contributed by atoms with Crippen LogP contribution in [0.4, 0.5) is 4.39 Å². The van der Waals surface area contributed by atoms with E-state index in [9.17, 15) is 9.18 Å². The number of carbonyl (C=O) groups is 1. The molecule has 6 heteroatoms. The lowest BCUT2D eigenvalue weighted by molar-refractivity contribution is -0.134. The van der Waals surface area contributed by atoms with Crippen molar-refractivity contribution >= 4 is 12.0 Å². The molecule has 13 heavy (non-hydrogen) atoms. The number of aliphatic carboxylic acids is 1. The third kappa shape index (κ3) is 1.90. The molecular formula is C7H8FN3O2. The summed E-state index contributed by atoms with van der Waals surface area (Å²) in [6, 6.07) is 0. The average molecular weight is 185 g/mol. The normalized spacial score (nSPS) is 11.8. The second kappa shape index (κ2) is 3.34. The molecule has 0 saturated heterocycles. The van der Waals surface area contributed by atoms with Gasteiger partial charge in [0.2, 0.25) is 5.83 Å². The molecule has 0 atom stereocenters. The molecule has 0 amide bonds. The molecule has 5 nitrogen and oxygen atoms in total. The Morgan fingerprint density at radius 2 is 2.31 bits per heavy atom. The lowest BCUT2D eigenvalue weighted by Gasteiger charge is -1.91. The van der Waals surface area contributed by atoms with Crippen LogP contribution in [0.2, 0.25) is 0 Å². The maximum Gasteiger partial charge on any atom is 0.364 e. The first-order chi connectivity index (χ1) is 6.02. The number of carboxylic acid groups (broad SMARTS) is 1. The number of carboxylic acids is 1. The third-order valence-corrected chi connectivity index (χ3v) is 1.61. The van der Waals surface area contributed by atoms with E-state index in [2.05, 4.69) is 10.3 Å². The van der Waals surface area contributed by atoms with Crippen molar-refractivity contribution in [2.24, 2.45) is 7.05 Å². The number of hydrogen-bond acceptors (Lipinski definition) is 3. The topological polar surface area (TPSA) is 68.0 Å². The van der Waals surface area contributed by atoms with Crippen molar-refractivity contribution in [3.63, 3.8) is 0 Å². The molecule has 0 unspecified atom stereocenters. The van der Waals surface area contributed by atoms with Crippen LogP contribution in [0.5, 0.6) is 0 Å². The summed E-state index contributed by atoms with van der Waals surface area (Å²) in [5.41, 5.74) is 0.832. The van der Waals surface area contributed by atoms with E-state index in [4.69, 9.17) is 5.11 Å². The summed E-state index contributed by atoms with van der Waals surface area (Å²) in [4.78, 5) is 10.1. The molecule has 1 rings (SSSR count). The molecule has 0 aliphatic rings. The van der Waals surface area contributed by atoms with E-state index in [1.54, 1.807) is 14.0 Å². The van der Waals surface area contributed by atoms with Crippen LogP contribution >= 0.6 is 0 Å². The Bertz CT molecular complexity index is 370. The van der Waals surface area contributed by atoms with Crippen LogP contribution in [0.3, 0.4) is 0 Å². The molecule has 1 N–H and O–H groups in total. The lowest BCUT2D eigenvalue weighted by Crippen LogP contribution is -1.95. The highest BCUT2D eigenvalue weighted by atomic mass is 19.1. The monoisotopic (exact) mass is 185 g/mol. The smallest absolute Gasteiger partial charge is 0.364 e. The first kappa shape index (κ1) is 9.37. The fourth-order valence-corrected chi connectivity index (χ4v) is 0.736. The molecule has 0 aliphatic heterocycles. The van der Waals surface area contributed by atoms with Gasteiger partial charge in [0.1, 0.15) is 5.69 Å². The summed E-state index contributed by atoms with van der Waals surface area (Å²) in [5.74, 6) is -2.85. The van der Waals surface area contributed by atoms with Crippen LogP contribution in [-0.2, 0) is 11.8 Å².